The van der Waals surface area contributed by atoms with Crippen LogP contribution in [0.5, 0.6) is 0 Å². The fourth-order valence-corrected chi connectivity index (χ4v) is 4.01. The maximum absolute atomic E-state index is 12.7. The number of aromatic nitrogens is 4. The fourth-order valence-electron chi connectivity index (χ4n) is 2.98. The van der Waals surface area contributed by atoms with Gasteiger partial charge in [0.15, 0.2) is 5.65 Å². The molecule has 1 fully saturated rings. The van der Waals surface area contributed by atoms with Crippen LogP contribution in [0.4, 0.5) is 5.82 Å². The zero-order valence-electron chi connectivity index (χ0n) is 14.9. The number of fused-ring (bicyclic) bond motifs is 1. The standard InChI is InChI=1S/C18H19ClN6OS/c1-24-11-14-15(23-24)21-16(22-17(14)25-6-8-27-9-7-25)18(26)20-10-12-2-4-13(19)5-3-12/h2-5,11H,6-10H2,1H3,(H,20,26). The second kappa shape index (κ2) is 7.74. The molecule has 1 amide bonds. The van der Waals surface area contributed by atoms with Crippen LogP contribution in [0.3, 0.4) is 0 Å². The highest BCUT2D eigenvalue weighted by molar-refractivity contribution is 7.99. The number of carbonyl (C=O) groups is 1. The number of aryl methyl sites for hydroxylation is 1. The number of carbonyl (C=O) groups excluding carboxylic acids is 1. The number of nitrogens with zero attached hydrogens (tertiary/aromatic N) is 5. The summed E-state index contributed by atoms with van der Waals surface area (Å²) in [5.41, 5.74) is 1.50. The lowest BCUT2D eigenvalue weighted by atomic mass is 10.2. The van der Waals surface area contributed by atoms with Crippen LogP contribution in [0.1, 0.15) is 16.2 Å². The maximum Gasteiger partial charge on any atom is 0.289 e. The minimum Gasteiger partial charge on any atom is -0.354 e. The summed E-state index contributed by atoms with van der Waals surface area (Å²) in [5.74, 6) is 2.70. The van der Waals surface area contributed by atoms with Crippen molar-refractivity contribution in [3.05, 3.63) is 46.9 Å². The third kappa shape index (κ3) is 4.01. The molecule has 0 unspecified atom stereocenters. The van der Waals surface area contributed by atoms with E-state index in [2.05, 4.69) is 25.3 Å². The number of amides is 1. The lowest BCUT2D eigenvalue weighted by Gasteiger charge is -2.27. The van der Waals surface area contributed by atoms with E-state index in [1.807, 2.05) is 37.1 Å². The van der Waals surface area contributed by atoms with Crippen molar-refractivity contribution in [2.24, 2.45) is 7.05 Å². The van der Waals surface area contributed by atoms with E-state index in [0.29, 0.717) is 17.2 Å². The fraction of sp³-hybridized carbons (Fsp3) is 0.333. The van der Waals surface area contributed by atoms with Crippen molar-refractivity contribution in [1.82, 2.24) is 25.1 Å². The molecule has 1 saturated heterocycles. The van der Waals surface area contributed by atoms with Crippen molar-refractivity contribution in [2.75, 3.05) is 29.5 Å². The number of hydrogen-bond donors (Lipinski definition) is 1. The first-order chi connectivity index (χ1) is 13.1. The lowest BCUT2D eigenvalue weighted by molar-refractivity contribution is 0.0941. The SMILES string of the molecule is Cn1cc2c(N3CCSCC3)nc(C(=O)NCc3ccc(Cl)cc3)nc2n1. The summed E-state index contributed by atoms with van der Waals surface area (Å²) in [6.45, 7) is 2.18. The Hall–Kier alpha value is -2.32. The molecule has 0 saturated carbocycles. The minimum absolute atomic E-state index is 0.142. The lowest BCUT2D eigenvalue weighted by Crippen LogP contribution is -2.34. The average Bonchev–Trinajstić information content (AvgIpc) is 3.07. The first-order valence-corrected chi connectivity index (χ1v) is 10.2. The largest absolute Gasteiger partial charge is 0.354 e. The Balaban J connectivity index is 1.60. The third-order valence-electron chi connectivity index (χ3n) is 4.35. The molecule has 1 aromatic carbocycles. The zero-order chi connectivity index (χ0) is 18.8. The number of nitrogens with one attached hydrogen (secondary N) is 1. The maximum atomic E-state index is 12.7. The molecule has 1 aliphatic rings. The van der Waals surface area contributed by atoms with E-state index >= 15 is 0 Å². The zero-order valence-corrected chi connectivity index (χ0v) is 16.4. The Bertz CT molecular complexity index is 968. The van der Waals surface area contributed by atoms with Gasteiger partial charge in [0.05, 0.1) is 5.39 Å². The van der Waals surface area contributed by atoms with E-state index in [0.717, 1.165) is 41.4 Å². The number of halogens is 1. The van der Waals surface area contributed by atoms with E-state index in [-0.39, 0.29) is 11.7 Å². The highest BCUT2D eigenvalue weighted by Crippen LogP contribution is 2.25. The highest BCUT2D eigenvalue weighted by atomic mass is 35.5. The Morgan fingerprint density at radius 2 is 1.96 bits per heavy atom. The molecule has 27 heavy (non-hydrogen) atoms. The monoisotopic (exact) mass is 402 g/mol. The summed E-state index contributed by atoms with van der Waals surface area (Å²) >= 11 is 7.82. The molecular formula is C18H19ClN6OS. The second-order valence-electron chi connectivity index (χ2n) is 6.32. The second-order valence-corrected chi connectivity index (χ2v) is 7.98. The summed E-state index contributed by atoms with van der Waals surface area (Å²) < 4.78 is 1.71. The molecule has 0 aliphatic carbocycles. The van der Waals surface area contributed by atoms with Gasteiger partial charge in [-0.15, -0.1) is 0 Å². The van der Waals surface area contributed by atoms with Gasteiger partial charge >= 0.3 is 0 Å². The predicted octanol–water partition coefficient (Wildman–Crippen LogP) is 2.50. The van der Waals surface area contributed by atoms with E-state index in [1.165, 1.54) is 0 Å². The number of benzene rings is 1. The number of hydrogen-bond acceptors (Lipinski definition) is 6. The average molecular weight is 403 g/mol. The molecule has 0 spiro atoms. The molecule has 0 radical (unpaired) electrons. The molecule has 140 valence electrons. The first-order valence-electron chi connectivity index (χ1n) is 8.67. The molecule has 9 heteroatoms. The van der Waals surface area contributed by atoms with Crippen molar-refractivity contribution in [3.8, 4) is 0 Å². The van der Waals surface area contributed by atoms with Crippen LogP contribution in [-0.2, 0) is 13.6 Å². The van der Waals surface area contributed by atoms with Crippen molar-refractivity contribution in [2.45, 2.75) is 6.54 Å². The van der Waals surface area contributed by atoms with E-state index < -0.39 is 0 Å². The smallest absolute Gasteiger partial charge is 0.289 e. The van der Waals surface area contributed by atoms with Gasteiger partial charge in [-0.05, 0) is 17.7 Å². The van der Waals surface area contributed by atoms with E-state index in [9.17, 15) is 4.79 Å². The first kappa shape index (κ1) is 18.1. The molecule has 1 aliphatic heterocycles. The molecule has 0 atom stereocenters. The van der Waals surface area contributed by atoms with Crippen molar-refractivity contribution in [1.29, 1.82) is 0 Å². The molecule has 7 nitrogen and oxygen atoms in total. The summed E-state index contributed by atoms with van der Waals surface area (Å²) in [5, 5.41) is 8.79. The van der Waals surface area contributed by atoms with Gasteiger partial charge in [0.1, 0.15) is 5.82 Å². The molecule has 1 N–H and O–H groups in total. The van der Waals surface area contributed by atoms with E-state index in [1.54, 1.807) is 16.8 Å². The summed E-state index contributed by atoms with van der Waals surface area (Å²) in [4.78, 5) is 23.8. The summed E-state index contributed by atoms with van der Waals surface area (Å²) in [6.07, 6.45) is 1.90. The minimum atomic E-state index is -0.315. The molecule has 3 heterocycles. The number of thioether (sulfide) groups is 1. The van der Waals surface area contributed by atoms with Crippen LogP contribution in [0.25, 0.3) is 11.0 Å². The van der Waals surface area contributed by atoms with Gasteiger partial charge in [0, 0.05) is 49.4 Å². The number of anilines is 1. The van der Waals surface area contributed by atoms with E-state index in [4.69, 9.17) is 11.6 Å². The Morgan fingerprint density at radius 1 is 1.22 bits per heavy atom. The molecule has 3 aromatic rings. The quantitative estimate of drug-likeness (QED) is 0.722. The molecular weight excluding hydrogens is 384 g/mol. The highest BCUT2D eigenvalue weighted by Gasteiger charge is 2.21. The Kier molecular flexibility index (Phi) is 5.18. The predicted molar refractivity (Wildman–Crippen MR) is 108 cm³/mol. The van der Waals surface area contributed by atoms with Crippen LogP contribution in [0.2, 0.25) is 5.02 Å². The van der Waals surface area contributed by atoms with Crippen LogP contribution in [-0.4, -0.2) is 50.3 Å². The Morgan fingerprint density at radius 3 is 2.70 bits per heavy atom. The normalized spacial score (nSPS) is 14.5. The van der Waals surface area contributed by atoms with Gasteiger partial charge < -0.3 is 10.2 Å². The molecule has 4 rings (SSSR count). The summed E-state index contributed by atoms with van der Waals surface area (Å²) in [6, 6.07) is 7.35. The van der Waals surface area contributed by atoms with Gasteiger partial charge in [-0.1, -0.05) is 23.7 Å². The van der Waals surface area contributed by atoms with Gasteiger partial charge in [0.2, 0.25) is 5.82 Å². The van der Waals surface area contributed by atoms with Crippen LogP contribution < -0.4 is 10.2 Å². The van der Waals surface area contributed by atoms with Crippen LogP contribution >= 0.6 is 23.4 Å². The van der Waals surface area contributed by atoms with Crippen LogP contribution in [0, 0.1) is 0 Å². The van der Waals surface area contributed by atoms with Crippen molar-refractivity contribution in [3.63, 3.8) is 0 Å². The van der Waals surface area contributed by atoms with Gasteiger partial charge in [0.25, 0.3) is 5.91 Å². The van der Waals surface area contributed by atoms with Crippen LogP contribution in [0.15, 0.2) is 30.5 Å². The van der Waals surface area contributed by atoms with Gasteiger partial charge in [-0.25, -0.2) is 9.97 Å². The topological polar surface area (TPSA) is 75.9 Å². The molecule has 2 aromatic heterocycles. The molecule has 0 bridgehead atoms. The summed E-state index contributed by atoms with van der Waals surface area (Å²) in [7, 11) is 1.85. The van der Waals surface area contributed by atoms with Crippen molar-refractivity contribution >= 4 is 46.1 Å². The Labute approximate surface area is 166 Å². The van der Waals surface area contributed by atoms with Crippen molar-refractivity contribution < 1.29 is 4.79 Å². The van der Waals surface area contributed by atoms with Gasteiger partial charge in [-0.2, -0.15) is 16.9 Å². The number of rotatable bonds is 4. The third-order valence-corrected chi connectivity index (χ3v) is 5.55. The van der Waals surface area contributed by atoms with Gasteiger partial charge in [-0.3, -0.25) is 9.48 Å².